The van der Waals surface area contributed by atoms with Crippen LogP contribution in [-0.2, 0) is 16.6 Å². The van der Waals surface area contributed by atoms with Crippen LogP contribution in [0.25, 0.3) is 10.6 Å². The molecule has 1 aromatic carbocycles. The van der Waals surface area contributed by atoms with Gasteiger partial charge in [0.05, 0.1) is 22.9 Å². The van der Waals surface area contributed by atoms with Crippen molar-refractivity contribution in [2.24, 2.45) is 0 Å². The molecular formula is C18H19NO4S2. The van der Waals surface area contributed by atoms with Gasteiger partial charge in [-0.05, 0) is 61.2 Å². The predicted molar refractivity (Wildman–Crippen MR) is 98.4 cm³/mol. The van der Waals surface area contributed by atoms with Crippen LogP contribution in [0.5, 0.6) is 5.75 Å². The highest BCUT2D eigenvalue weighted by molar-refractivity contribution is 7.89. The summed E-state index contributed by atoms with van der Waals surface area (Å²) in [6.45, 7) is 4.35. The van der Waals surface area contributed by atoms with E-state index in [0.29, 0.717) is 18.1 Å². The van der Waals surface area contributed by atoms with Gasteiger partial charge in [-0.15, -0.1) is 11.3 Å². The van der Waals surface area contributed by atoms with E-state index in [0.717, 1.165) is 16.2 Å². The smallest absolute Gasteiger partial charge is 0.240 e. The van der Waals surface area contributed by atoms with Crippen LogP contribution in [0.2, 0.25) is 0 Å². The lowest BCUT2D eigenvalue weighted by molar-refractivity contribution is 0.337. The van der Waals surface area contributed by atoms with E-state index in [2.05, 4.69) is 4.72 Å². The second-order valence-electron chi connectivity index (χ2n) is 5.43. The van der Waals surface area contributed by atoms with E-state index in [1.165, 1.54) is 0 Å². The number of sulfonamides is 1. The maximum Gasteiger partial charge on any atom is 0.240 e. The summed E-state index contributed by atoms with van der Waals surface area (Å²) in [7, 11) is -3.62. The van der Waals surface area contributed by atoms with Crippen LogP contribution in [0, 0.1) is 6.92 Å². The molecule has 0 saturated carbocycles. The highest BCUT2D eigenvalue weighted by Gasteiger charge is 2.16. The fraction of sp³-hybridized carbons (Fsp3) is 0.222. The molecule has 7 heteroatoms. The maximum atomic E-state index is 12.5. The van der Waals surface area contributed by atoms with Crippen molar-refractivity contribution < 1.29 is 17.6 Å². The van der Waals surface area contributed by atoms with Gasteiger partial charge in [0.15, 0.2) is 0 Å². The Labute approximate surface area is 151 Å². The zero-order valence-electron chi connectivity index (χ0n) is 14.0. The number of benzene rings is 1. The molecule has 0 spiro atoms. The molecule has 132 valence electrons. The number of aryl methyl sites for hydroxylation is 1. The maximum absolute atomic E-state index is 12.5. The molecule has 1 N–H and O–H groups in total. The molecule has 3 rings (SSSR count). The number of furan rings is 1. The van der Waals surface area contributed by atoms with Gasteiger partial charge in [0.1, 0.15) is 17.3 Å². The molecule has 2 heterocycles. The summed E-state index contributed by atoms with van der Waals surface area (Å²) in [6.07, 6.45) is 0. The van der Waals surface area contributed by atoms with Crippen LogP contribution in [0.4, 0.5) is 0 Å². The summed E-state index contributed by atoms with van der Waals surface area (Å²) in [5, 5.41) is 1.97. The molecule has 0 amide bonds. The van der Waals surface area contributed by atoms with Gasteiger partial charge in [-0.3, -0.25) is 0 Å². The first-order chi connectivity index (χ1) is 12.0. The lowest BCUT2D eigenvalue weighted by Gasteiger charge is -2.10. The SMILES string of the molecule is CCOc1ccc(S(=O)(=O)NCc2ccc(-c3cccs3)o2)cc1C. The molecule has 25 heavy (non-hydrogen) atoms. The summed E-state index contributed by atoms with van der Waals surface area (Å²) in [6, 6.07) is 12.3. The molecule has 0 saturated heterocycles. The Morgan fingerprint density at radius 2 is 2.04 bits per heavy atom. The van der Waals surface area contributed by atoms with Crippen LogP contribution < -0.4 is 9.46 Å². The Morgan fingerprint density at radius 3 is 2.72 bits per heavy atom. The highest BCUT2D eigenvalue weighted by Crippen LogP contribution is 2.27. The Bertz CT molecular complexity index is 943. The Morgan fingerprint density at radius 1 is 1.20 bits per heavy atom. The molecule has 0 aliphatic heterocycles. The molecule has 5 nitrogen and oxygen atoms in total. The zero-order valence-corrected chi connectivity index (χ0v) is 15.6. The van der Waals surface area contributed by atoms with E-state index in [1.807, 2.05) is 37.4 Å². The van der Waals surface area contributed by atoms with Gasteiger partial charge in [-0.2, -0.15) is 0 Å². The molecular weight excluding hydrogens is 358 g/mol. The molecule has 0 radical (unpaired) electrons. The average molecular weight is 377 g/mol. The van der Waals surface area contributed by atoms with Crippen molar-refractivity contribution >= 4 is 21.4 Å². The van der Waals surface area contributed by atoms with Gasteiger partial charge < -0.3 is 9.15 Å². The lowest BCUT2D eigenvalue weighted by atomic mass is 10.2. The number of thiophene rings is 1. The van der Waals surface area contributed by atoms with Gasteiger partial charge in [0, 0.05) is 0 Å². The van der Waals surface area contributed by atoms with E-state index in [1.54, 1.807) is 35.6 Å². The molecule has 0 aliphatic rings. The first kappa shape index (κ1) is 17.7. The second kappa shape index (κ2) is 7.43. The van der Waals surface area contributed by atoms with Crippen molar-refractivity contribution in [1.29, 1.82) is 0 Å². The largest absolute Gasteiger partial charge is 0.494 e. The van der Waals surface area contributed by atoms with Gasteiger partial charge in [-0.1, -0.05) is 6.07 Å². The summed E-state index contributed by atoms with van der Waals surface area (Å²) < 4.78 is 38.7. The third-order valence-electron chi connectivity index (χ3n) is 3.62. The summed E-state index contributed by atoms with van der Waals surface area (Å²) >= 11 is 1.57. The average Bonchev–Trinajstić information content (AvgIpc) is 3.26. The Hall–Kier alpha value is -2.09. The van der Waals surface area contributed by atoms with Crippen LogP contribution >= 0.6 is 11.3 Å². The minimum absolute atomic E-state index is 0.0972. The minimum atomic E-state index is -3.62. The van der Waals surface area contributed by atoms with Crippen molar-refractivity contribution in [3.63, 3.8) is 0 Å². The fourth-order valence-corrected chi connectivity index (χ4v) is 4.14. The van der Waals surface area contributed by atoms with Gasteiger partial charge >= 0.3 is 0 Å². The number of nitrogens with one attached hydrogen (secondary N) is 1. The first-order valence-corrected chi connectivity index (χ1v) is 10.2. The normalized spacial score (nSPS) is 11.6. The monoisotopic (exact) mass is 377 g/mol. The van der Waals surface area contributed by atoms with Gasteiger partial charge in [0.25, 0.3) is 0 Å². The van der Waals surface area contributed by atoms with Gasteiger partial charge in [0.2, 0.25) is 10.0 Å². The van der Waals surface area contributed by atoms with E-state index in [-0.39, 0.29) is 11.4 Å². The van der Waals surface area contributed by atoms with Gasteiger partial charge in [-0.25, -0.2) is 13.1 Å². The van der Waals surface area contributed by atoms with Crippen molar-refractivity contribution in [3.05, 3.63) is 59.2 Å². The number of ether oxygens (including phenoxy) is 1. The third-order valence-corrected chi connectivity index (χ3v) is 5.90. The highest BCUT2D eigenvalue weighted by atomic mass is 32.2. The number of hydrogen-bond donors (Lipinski definition) is 1. The van der Waals surface area contributed by atoms with Crippen molar-refractivity contribution in [1.82, 2.24) is 4.72 Å². The summed E-state index contributed by atoms with van der Waals surface area (Å²) in [4.78, 5) is 1.22. The molecule has 2 aromatic heterocycles. The fourth-order valence-electron chi connectivity index (χ4n) is 2.38. The quantitative estimate of drug-likeness (QED) is 0.670. The molecule has 0 aliphatic carbocycles. The summed E-state index contributed by atoms with van der Waals surface area (Å²) in [5.74, 6) is 1.99. The Kier molecular flexibility index (Phi) is 5.27. The summed E-state index contributed by atoms with van der Waals surface area (Å²) in [5.41, 5.74) is 0.780. The van der Waals surface area contributed by atoms with Crippen LogP contribution in [0.3, 0.4) is 0 Å². The molecule has 0 fully saturated rings. The molecule has 3 aromatic rings. The first-order valence-electron chi connectivity index (χ1n) is 7.85. The number of rotatable bonds is 7. The Balaban J connectivity index is 1.71. The predicted octanol–water partition coefficient (Wildman–Crippen LogP) is 4.19. The van der Waals surface area contributed by atoms with E-state index >= 15 is 0 Å². The molecule has 0 bridgehead atoms. The number of hydrogen-bond acceptors (Lipinski definition) is 5. The topological polar surface area (TPSA) is 68.5 Å². The van der Waals surface area contributed by atoms with Crippen LogP contribution in [0.15, 0.2) is 57.2 Å². The lowest BCUT2D eigenvalue weighted by Crippen LogP contribution is -2.23. The molecule has 0 atom stereocenters. The second-order valence-corrected chi connectivity index (χ2v) is 8.14. The van der Waals surface area contributed by atoms with Crippen LogP contribution in [-0.4, -0.2) is 15.0 Å². The van der Waals surface area contributed by atoms with Crippen LogP contribution in [0.1, 0.15) is 18.2 Å². The van der Waals surface area contributed by atoms with Crippen molar-refractivity contribution in [2.45, 2.75) is 25.3 Å². The van der Waals surface area contributed by atoms with Crippen molar-refractivity contribution in [3.8, 4) is 16.4 Å². The minimum Gasteiger partial charge on any atom is -0.494 e. The van der Waals surface area contributed by atoms with E-state index in [4.69, 9.17) is 9.15 Å². The van der Waals surface area contributed by atoms with E-state index in [9.17, 15) is 8.42 Å². The molecule has 0 unspecified atom stereocenters. The van der Waals surface area contributed by atoms with Crippen molar-refractivity contribution in [2.75, 3.05) is 6.61 Å². The van der Waals surface area contributed by atoms with E-state index < -0.39 is 10.0 Å². The third kappa shape index (κ3) is 4.12. The standard InChI is InChI=1S/C18H19NO4S2/c1-3-22-16-9-7-15(11-13(16)2)25(20,21)19-12-14-6-8-17(23-14)18-5-4-10-24-18/h4-11,19H,3,12H2,1-2H3. The zero-order chi connectivity index (χ0) is 17.9.